The number of aromatic amines is 1. The SMILES string of the molecule is C[C@H]1CCCCN1c1ccc(C(N)=O)cc1NC(=O)c1c[nH]c(=O)cn1. The summed E-state index contributed by atoms with van der Waals surface area (Å²) in [7, 11) is 0. The number of benzene rings is 1. The van der Waals surface area contributed by atoms with E-state index in [2.05, 4.69) is 27.1 Å². The monoisotopic (exact) mass is 355 g/mol. The molecule has 0 radical (unpaired) electrons. The van der Waals surface area contributed by atoms with Gasteiger partial charge in [-0.25, -0.2) is 4.98 Å². The van der Waals surface area contributed by atoms with Crippen LogP contribution >= 0.6 is 0 Å². The molecule has 0 saturated carbocycles. The molecule has 1 aromatic carbocycles. The topological polar surface area (TPSA) is 121 Å². The molecule has 8 nitrogen and oxygen atoms in total. The van der Waals surface area contributed by atoms with Crippen LogP contribution in [0.15, 0.2) is 35.4 Å². The summed E-state index contributed by atoms with van der Waals surface area (Å²) in [5.74, 6) is -1.05. The lowest BCUT2D eigenvalue weighted by molar-refractivity contribution is 0.0995. The highest BCUT2D eigenvalue weighted by Gasteiger charge is 2.23. The molecule has 8 heteroatoms. The van der Waals surface area contributed by atoms with Gasteiger partial charge in [-0.2, -0.15) is 0 Å². The van der Waals surface area contributed by atoms with Gasteiger partial charge < -0.3 is 20.9 Å². The van der Waals surface area contributed by atoms with E-state index in [-0.39, 0.29) is 11.3 Å². The van der Waals surface area contributed by atoms with Gasteiger partial charge in [0.25, 0.3) is 11.5 Å². The number of nitrogens with zero attached hydrogens (tertiary/aromatic N) is 2. The van der Waals surface area contributed by atoms with Crippen LogP contribution in [0.1, 0.15) is 47.0 Å². The average molecular weight is 355 g/mol. The molecule has 0 unspecified atom stereocenters. The zero-order valence-corrected chi connectivity index (χ0v) is 14.5. The third-order valence-electron chi connectivity index (χ3n) is 4.55. The number of aromatic nitrogens is 2. The first-order valence-corrected chi connectivity index (χ1v) is 8.52. The second-order valence-electron chi connectivity index (χ2n) is 6.38. The summed E-state index contributed by atoms with van der Waals surface area (Å²) in [5.41, 5.74) is 6.70. The first-order chi connectivity index (χ1) is 12.5. The minimum atomic E-state index is -0.569. The van der Waals surface area contributed by atoms with Crippen molar-refractivity contribution in [3.8, 4) is 0 Å². The highest BCUT2D eigenvalue weighted by molar-refractivity contribution is 6.05. The molecule has 2 heterocycles. The Hall–Kier alpha value is -3.16. The van der Waals surface area contributed by atoms with Crippen LogP contribution in [0.4, 0.5) is 11.4 Å². The number of anilines is 2. The van der Waals surface area contributed by atoms with E-state index in [1.807, 2.05) is 0 Å². The largest absolute Gasteiger partial charge is 0.367 e. The fourth-order valence-corrected chi connectivity index (χ4v) is 3.15. The molecule has 0 aliphatic carbocycles. The molecule has 26 heavy (non-hydrogen) atoms. The molecule has 0 spiro atoms. The van der Waals surface area contributed by atoms with Gasteiger partial charge >= 0.3 is 0 Å². The molecule has 2 aromatic rings. The Morgan fingerprint density at radius 2 is 2.15 bits per heavy atom. The Kier molecular flexibility index (Phi) is 5.01. The van der Waals surface area contributed by atoms with Crippen LogP contribution in [-0.2, 0) is 0 Å². The van der Waals surface area contributed by atoms with Crippen LogP contribution in [0.5, 0.6) is 0 Å². The quantitative estimate of drug-likeness (QED) is 0.767. The Morgan fingerprint density at radius 3 is 2.81 bits per heavy atom. The molecule has 3 rings (SSSR count). The van der Waals surface area contributed by atoms with Crippen molar-refractivity contribution < 1.29 is 9.59 Å². The lowest BCUT2D eigenvalue weighted by atomic mass is 10.0. The van der Waals surface area contributed by atoms with Crippen molar-refractivity contribution in [2.75, 3.05) is 16.8 Å². The summed E-state index contributed by atoms with van der Waals surface area (Å²) in [4.78, 5) is 43.6. The number of nitrogens with two attached hydrogens (primary N) is 1. The van der Waals surface area contributed by atoms with Crippen LogP contribution in [0.25, 0.3) is 0 Å². The van der Waals surface area contributed by atoms with Crippen LogP contribution in [0.2, 0.25) is 0 Å². The zero-order chi connectivity index (χ0) is 18.7. The van der Waals surface area contributed by atoms with E-state index in [1.165, 1.54) is 12.6 Å². The molecule has 1 aliphatic heterocycles. The van der Waals surface area contributed by atoms with E-state index in [9.17, 15) is 14.4 Å². The van der Waals surface area contributed by atoms with Crippen molar-refractivity contribution in [2.24, 2.45) is 5.73 Å². The fourth-order valence-electron chi connectivity index (χ4n) is 3.15. The van der Waals surface area contributed by atoms with Crippen LogP contribution in [0, 0.1) is 0 Å². The maximum atomic E-state index is 12.5. The van der Waals surface area contributed by atoms with E-state index in [4.69, 9.17) is 5.73 Å². The van der Waals surface area contributed by atoms with Gasteiger partial charge in [0, 0.05) is 24.3 Å². The molecular weight excluding hydrogens is 334 g/mol. The lowest BCUT2D eigenvalue weighted by Crippen LogP contribution is -2.38. The van der Waals surface area contributed by atoms with E-state index in [0.717, 1.165) is 31.3 Å². The number of carbonyl (C=O) groups is 2. The number of amides is 2. The highest BCUT2D eigenvalue weighted by Crippen LogP contribution is 2.32. The second-order valence-corrected chi connectivity index (χ2v) is 6.38. The molecule has 1 saturated heterocycles. The Labute approximate surface area is 150 Å². The zero-order valence-electron chi connectivity index (χ0n) is 14.5. The maximum Gasteiger partial charge on any atom is 0.275 e. The number of hydrogen-bond donors (Lipinski definition) is 3. The van der Waals surface area contributed by atoms with Crippen molar-refractivity contribution in [1.29, 1.82) is 0 Å². The summed E-state index contributed by atoms with van der Waals surface area (Å²) in [6.07, 6.45) is 5.59. The van der Waals surface area contributed by atoms with Crippen LogP contribution in [0.3, 0.4) is 0 Å². The Morgan fingerprint density at radius 1 is 1.35 bits per heavy atom. The smallest absolute Gasteiger partial charge is 0.275 e. The third kappa shape index (κ3) is 3.74. The predicted octanol–water partition coefficient (Wildman–Crippen LogP) is 1.50. The molecule has 136 valence electrons. The minimum Gasteiger partial charge on any atom is -0.367 e. The normalized spacial score (nSPS) is 17.0. The number of carbonyl (C=O) groups excluding carboxylic acids is 2. The van der Waals surface area contributed by atoms with Gasteiger partial charge in [-0.05, 0) is 44.4 Å². The van der Waals surface area contributed by atoms with Gasteiger partial charge in [-0.1, -0.05) is 0 Å². The molecule has 2 amide bonds. The van der Waals surface area contributed by atoms with Gasteiger partial charge in [0.2, 0.25) is 5.91 Å². The average Bonchev–Trinajstić information content (AvgIpc) is 2.63. The number of nitrogens with one attached hydrogen (secondary N) is 2. The molecular formula is C18H21N5O3. The number of hydrogen-bond acceptors (Lipinski definition) is 5. The van der Waals surface area contributed by atoms with E-state index < -0.39 is 11.8 Å². The van der Waals surface area contributed by atoms with Crippen molar-refractivity contribution in [3.63, 3.8) is 0 Å². The van der Waals surface area contributed by atoms with E-state index in [1.54, 1.807) is 18.2 Å². The summed E-state index contributed by atoms with van der Waals surface area (Å²) in [5, 5.41) is 2.79. The Balaban J connectivity index is 1.95. The van der Waals surface area contributed by atoms with E-state index in [0.29, 0.717) is 17.3 Å². The third-order valence-corrected chi connectivity index (χ3v) is 4.55. The number of piperidine rings is 1. The van der Waals surface area contributed by atoms with Gasteiger partial charge in [-0.3, -0.25) is 14.4 Å². The van der Waals surface area contributed by atoms with Crippen molar-refractivity contribution in [1.82, 2.24) is 9.97 Å². The maximum absolute atomic E-state index is 12.5. The number of H-pyrrole nitrogens is 1. The van der Waals surface area contributed by atoms with Crippen LogP contribution < -0.4 is 21.5 Å². The minimum absolute atomic E-state index is 0.0757. The first kappa shape index (κ1) is 17.7. The van der Waals surface area contributed by atoms with Gasteiger partial charge in [0.05, 0.1) is 17.6 Å². The number of primary amides is 1. The van der Waals surface area contributed by atoms with Gasteiger partial charge in [0.15, 0.2) is 0 Å². The lowest BCUT2D eigenvalue weighted by Gasteiger charge is -2.36. The number of rotatable bonds is 4. The van der Waals surface area contributed by atoms with Crippen molar-refractivity contribution in [2.45, 2.75) is 32.2 Å². The fraction of sp³-hybridized carbons (Fsp3) is 0.333. The van der Waals surface area contributed by atoms with Crippen molar-refractivity contribution >= 4 is 23.2 Å². The van der Waals surface area contributed by atoms with Crippen molar-refractivity contribution in [3.05, 3.63) is 52.2 Å². The molecule has 1 atom stereocenters. The molecule has 1 fully saturated rings. The second kappa shape index (κ2) is 7.38. The van der Waals surface area contributed by atoms with E-state index >= 15 is 0 Å². The predicted molar refractivity (Wildman–Crippen MR) is 98.4 cm³/mol. The van der Waals surface area contributed by atoms with Gasteiger partial charge in [0.1, 0.15) is 5.69 Å². The first-order valence-electron chi connectivity index (χ1n) is 8.52. The Bertz CT molecular complexity index is 872. The summed E-state index contributed by atoms with van der Waals surface area (Å²) >= 11 is 0. The standard InChI is InChI=1S/C18H21N5O3/c1-11-4-2-3-7-23(11)15-6-5-12(17(19)25)8-13(15)22-18(26)14-9-21-16(24)10-20-14/h5-6,8-11H,2-4,7H2,1H3,(H2,19,25)(H,21,24)(H,22,26)/t11-/m0/s1. The summed E-state index contributed by atoms with van der Waals surface area (Å²) in [6, 6.07) is 5.36. The van der Waals surface area contributed by atoms with Gasteiger partial charge in [-0.15, -0.1) is 0 Å². The highest BCUT2D eigenvalue weighted by atomic mass is 16.2. The molecule has 1 aromatic heterocycles. The summed E-state index contributed by atoms with van der Waals surface area (Å²) < 4.78 is 0. The van der Waals surface area contributed by atoms with Crippen LogP contribution in [-0.4, -0.2) is 34.4 Å². The molecule has 1 aliphatic rings. The molecule has 0 bridgehead atoms. The molecule has 4 N–H and O–H groups in total. The summed E-state index contributed by atoms with van der Waals surface area (Å²) in [6.45, 7) is 3.01.